The summed E-state index contributed by atoms with van der Waals surface area (Å²) in [6.45, 7) is 2.32. The number of hydrogen-bond donors (Lipinski definition) is 2. The number of rotatable bonds is 3. The van der Waals surface area contributed by atoms with Crippen LogP contribution in [0.1, 0.15) is 12.0 Å². The number of aromatic nitrogens is 1. The van der Waals surface area contributed by atoms with Crippen molar-refractivity contribution in [3.8, 4) is 0 Å². The van der Waals surface area contributed by atoms with E-state index in [1.807, 2.05) is 60.8 Å². The summed E-state index contributed by atoms with van der Waals surface area (Å²) in [7, 11) is 0. The van der Waals surface area contributed by atoms with Crippen LogP contribution in [0.15, 0.2) is 73.1 Å². The van der Waals surface area contributed by atoms with Crippen molar-refractivity contribution in [2.75, 3.05) is 13.1 Å². The van der Waals surface area contributed by atoms with Gasteiger partial charge in [-0.1, -0.05) is 54.6 Å². The molecule has 4 rings (SSSR count). The van der Waals surface area contributed by atoms with Crippen LogP contribution in [0.5, 0.6) is 0 Å². The molecule has 0 saturated carbocycles. The van der Waals surface area contributed by atoms with Gasteiger partial charge in [0, 0.05) is 30.9 Å². The standard InChI is InChI=1S/C15H17N3O.C6H6/c19-15(13-4-6-16-9-13)18-10-12-3-1-2-11-8-17-7-5-14(11)12;1-2-4-6-5-3-1/h1-3,5,7-8,13,16H,4,6,9-10H2,(H,18,19);1-6H. The number of pyridine rings is 1. The molecular weight excluding hydrogens is 310 g/mol. The predicted octanol–water partition coefficient (Wildman–Crippen LogP) is 3.15. The van der Waals surface area contributed by atoms with Crippen LogP contribution < -0.4 is 10.6 Å². The fourth-order valence-electron chi connectivity index (χ4n) is 2.93. The Morgan fingerprint density at radius 1 is 1.08 bits per heavy atom. The van der Waals surface area contributed by atoms with Crippen LogP contribution in [0.25, 0.3) is 10.8 Å². The molecule has 1 saturated heterocycles. The zero-order valence-corrected chi connectivity index (χ0v) is 14.2. The average molecular weight is 333 g/mol. The van der Waals surface area contributed by atoms with Crippen molar-refractivity contribution in [2.24, 2.45) is 5.92 Å². The maximum Gasteiger partial charge on any atom is 0.224 e. The van der Waals surface area contributed by atoms with Crippen LogP contribution in [0.4, 0.5) is 0 Å². The summed E-state index contributed by atoms with van der Waals surface area (Å²) >= 11 is 0. The van der Waals surface area contributed by atoms with Crippen LogP contribution in [-0.4, -0.2) is 24.0 Å². The second-order valence-corrected chi connectivity index (χ2v) is 6.08. The molecule has 4 heteroatoms. The highest BCUT2D eigenvalue weighted by Crippen LogP contribution is 2.17. The van der Waals surface area contributed by atoms with E-state index >= 15 is 0 Å². The van der Waals surface area contributed by atoms with Crippen molar-refractivity contribution in [3.63, 3.8) is 0 Å². The third-order valence-corrected chi connectivity index (χ3v) is 4.32. The lowest BCUT2D eigenvalue weighted by Gasteiger charge is -2.11. The molecule has 1 fully saturated rings. The van der Waals surface area contributed by atoms with Gasteiger partial charge in [-0.25, -0.2) is 0 Å². The maximum absolute atomic E-state index is 12.0. The topological polar surface area (TPSA) is 54.0 Å². The van der Waals surface area contributed by atoms with Gasteiger partial charge in [-0.05, 0) is 30.0 Å². The summed E-state index contributed by atoms with van der Waals surface area (Å²) in [4.78, 5) is 16.1. The minimum atomic E-state index is 0.122. The molecule has 1 aliphatic heterocycles. The molecular formula is C21H23N3O. The number of amides is 1. The van der Waals surface area contributed by atoms with E-state index in [-0.39, 0.29) is 11.8 Å². The molecule has 4 nitrogen and oxygen atoms in total. The summed E-state index contributed by atoms with van der Waals surface area (Å²) in [5.74, 6) is 0.271. The number of nitrogens with one attached hydrogen (secondary N) is 2. The summed E-state index contributed by atoms with van der Waals surface area (Å²) in [5, 5.41) is 8.51. The van der Waals surface area contributed by atoms with E-state index in [4.69, 9.17) is 0 Å². The van der Waals surface area contributed by atoms with Gasteiger partial charge in [0.25, 0.3) is 0 Å². The van der Waals surface area contributed by atoms with E-state index in [2.05, 4.69) is 21.7 Å². The molecule has 2 aromatic carbocycles. The molecule has 1 aromatic heterocycles. The predicted molar refractivity (Wildman–Crippen MR) is 101 cm³/mol. The number of benzene rings is 2. The molecule has 1 aliphatic rings. The van der Waals surface area contributed by atoms with Gasteiger partial charge in [-0.3, -0.25) is 9.78 Å². The van der Waals surface area contributed by atoms with Crippen molar-refractivity contribution in [1.29, 1.82) is 0 Å². The van der Waals surface area contributed by atoms with E-state index in [0.29, 0.717) is 6.54 Å². The number of fused-ring (bicyclic) bond motifs is 1. The molecule has 1 unspecified atom stereocenters. The second kappa shape index (κ2) is 8.94. The van der Waals surface area contributed by atoms with Gasteiger partial charge in [-0.2, -0.15) is 0 Å². The number of hydrogen-bond acceptors (Lipinski definition) is 3. The quantitative estimate of drug-likeness (QED) is 0.774. The smallest absolute Gasteiger partial charge is 0.224 e. The Labute approximate surface area is 148 Å². The van der Waals surface area contributed by atoms with Gasteiger partial charge in [0.05, 0.1) is 5.92 Å². The molecule has 2 N–H and O–H groups in total. The Bertz CT molecular complexity index is 766. The molecule has 1 atom stereocenters. The first-order chi connectivity index (χ1) is 12.3. The van der Waals surface area contributed by atoms with Crippen LogP contribution in [0.2, 0.25) is 0 Å². The fraction of sp³-hybridized carbons (Fsp3) is 0.238. The van der Waals surface area contributed by atoms with Gasteiger partial charge in [-0.15, -0.1) is 0 Å². The molecule has 2 heterocycles. The van der Waals surface area contributed by atoms with Gasteiger partial charge in [0.2, 0.25) is 5.91 Å². The first-order valence-corrected chi connectivity index (χ1v) is 8.64. The van der Waals surface area contributed by atoms with Crippen molar-refractivity contribution in [3.05, 3.63) is 78.6 Å². The first kappa shape index (κ1) is 17.1. The minimum absolute atomic E-state index is 0.122. The van der Waals surface area contributed by atoms with E-state index in [1.165, 1.54) is 0 Å². The highest BCUT2D eigenvalue weighted by Gasteiger charge is 2.21. The second-order valence-electron chi connectivity index (χ2n) is 6.08. The molecule has 0 radical (unpaired) electrons. The Morgan fingerprint density at radius 2 is 1.84 bits per heavy atom. The third-order valence-electron chi connectivity index (χ3n) is 4.32. The highest BCUT2D eigenvalue weighted by atomic mass is 16.1. The fourth-order valence-corrected chi connectivity index (χ4v) is 2.93. The summed E-state index contributed by atoms with van der Waals surface area (Å²) in [5.41, 5.74) is 1.14. The van der Waals surface area contributed by atoms with Crippen LogP contribution in [-0.2, 0) is 11.3 Å². The Morgan fingerprint density at radius 3 is 2.52 bits per heavy atom. The van der Waals surface area contributed by atoms with E-state index in [9.17, 15) is 4.79 Å². The number of carbonyl (C=O) groups is 1. The van der Waals surface area contributed by atoms with Gasteiger partial charge in [0.1, 0.15) is 0 Å². The van der Waals surface area contributed by atoms with E-state index < -0.39 is 0 Å². The van der Waals surface area contributed by atoms with Crippen molar-refractivity contribution < 1.29 is 4.79 Å². The average Bonchev–Trinajstić information content (AvgIpc) is 3.23. The number of carbonyl (C=O) groups excluding carboxylic acids is 1. The van der Waals surface area contributed by atoms with Gasteiger partial charge < -0.3 is 10.6 Å². The van der Waals surface area contributed by atoms with Crippen molar-refractivity contribution in [2.45, 2.75) is 13.0 Å². The maximum atomic E-state index is 12.0. The lowest BCUT2D eigenvalue weighted by atomic mass is 10.1. The zero-order chi connectivity index (χ0) is 17.3. The molecule has 0 spiro atoms. The molecule has 1 amide bonds. The van der Waals surface area contributed by atoms with Crippen LogP contribution in [0, 0.1) is 5.92 Å². The van der Waals surface area contributed by atoms with E-state index in [0.717, 1.165) is 35.8 Å². The highest BCUT2D eigenvalue weighted by molar-refractivity contribution is 5.85. The lowest BCUT2D eigenvalue weighted by Crippen LogP contribution is -2.31. The first-order valence-electron chi connectivity index (χ1n) is 8.64. The molecule has 0 bridgehead atoms. The molecule has 3 aromatic rings. The largest absolute Gasteiger partial charge is 0.352 e. The lowest BCUT2D eigenvalue weighted by molar-refractivity contribution is -0.124. The van der Waals surface area contributed by atoms with E-state index in [1.54, 1.807) is 6.20 Å². The van der Waals surface area contributed by atoms with Gasteiger partial charge in [0.15, 0.2) is 0 Å². The Balaban J connectivity index is 0.000000258. The monoisotopic (exact) mass is 333 g/mol. The normalized spacial score (nSPS) is 16.1. The Kier molecular flexibility index (Phi) is 6.12. The summed E-state index contributed by atoms with van der Waals surface area (Å²) in [6, 6.07) is 20.1. The molecule has 25 heavy (non-hydrogen) atoms. The third kappa shape index (κ3) is 4.88. The van der Waals surface area contributed by atoms with Crippen molar-refractivity contribution in [1.82, 2.24) is 15.6 Å². The summed E-state index contributed by atoms with van der Waals surface area (Å²) < 4.78 is 0. The summed E-state index contributed by atoms with van der Waals surface area (Å²) in [6.07, 6.45) is 4.57. The SMILES string of the molecule is O=C(NCc1cccc2cnccc12)C1CCNC1.c1ccccc1. The molecule has 0 aliphatic carbocycles. The van der Waals surface area contributed by atoms with Crippen molar-refractivity contribution >= 4 is 16.7 Å². The molecule has 128 valence electrons. The minimum Gasteiger partial charge on any atom is -0.352 e. The zero-order valence-electron chi connectivity index (χ0n) is 14.2. The number of nitrogens with zero attached hydrogens (tertiary/aromatic N) is 1. The van der Waals surface area contributed by atoms with Crippen LogP contribution in [0.3, 0.4) is 0 Å². The Hall–Kier alpha value is -2.72. The van der Waals surface area contributed by atoms with Gasteiger partial charge >= 0.3 is 0 Å². The van der Waals surface area contributed by atoms with Crippen LogP contribution >= 0.6 is 0 Å².